The summed E-state index contributed by atoms with van der Waals surface area (Å²) in [5.41, 5.74) is 3.12. The first-order valence-electron chi connectivity index (χ1n) is 10.3. The summed E-state index contributed by atoms with van der Waals surface area (Å²) in [4.78, 5) is 25.5. The molecule has 0 spiro atoms. The summed E-state index contributed by atoms with van der Waals surface area (Å²) >= 11 is 0. The molecule has 3 heterocycles. The van der Waals surface area contributed by atoms with Gasteiger partial charge in [0.25, 0.3) is 5.56 Å². The van der Waals surface area contributed by atoms with Crippen LogP contribution in [0.1, 0.15) is 27.6 Å². The van der Waals surface area contributed by atoms with E-state index in [-0.39, 0.29) is 18.0 Å². The quantitative estimate of drug-likeness (QED) is 0.396. The van der Waals surface area contributed by atoms with Gasteiger partial charge in [-0.1, -0.05) is 12.1 Å². The van der Waals surface area contributed by atoms with Crippen LogP contribution < -0.4 is 5.56 Å². The molecule has 5 aromatic rings. The van der Waals surface area contributed by atoms with E-state index in [0.29, 0.717) is 33.8 Å². The van der Waals surface area contributed by atoms with Gasteiger partial charge in [0.05, 0.1) is 16.5 Å². The fourth-order valence-corrected chi connectivity index (χ4v) is 4.15. The molecular formula is C24H20FN5O3. The maximum Gasteiger partial charge on any atom is 0.340 e. The van der Waals surface area contributed by atoms with Crippen molar-refractivity contribution in [2.24, 2.45) is 7.05 Å². The lowest BCUT2D eigenvalue weighted by Crippen LogP contribution is -2.20. The van der Waals surface area contributed by atoms with Crippen LogP contribution in [0.15, 0.2) is 59.4 Å². The van der Waals surface area contributed by atoms with Crippen molar-refractivity contribution >= 4 is 22.6 Å². The zero-order valence-corrected chi connectivity index (χ0v) is 18.2. The van der Waals surface area contributed by atoms with E-state index in [4.69, 9.17) is 4.74 Å². The highest BCUT2D eigenvalue weighted by molar-refractivity contribution is 5.91. The number of fused-ring (bicyclic) bond motifs is 3. The molecular weight excluding hydrogens is 425 g/mol. The van der Waals surface area contributed by atoms with Gasteiger partial charge in [-0.2, -0.15) is 0 Å². The van der Waals surface area contributed by atoms with Gasteiger partial charge in [0, 0.05) is 24.1 Å². The van der Waals surface area contributed by atoms with Gasteiger partial charge in [-0.25, -0.2) is 9.18 Å². The summed E-state index contributed by atoms with van der Waals surface area (Å²) in [6.07, 6.45) is 0. The number of nitrogens with zero attached hydrogens (tertiary/aromatic N) is 5. The number of hydrogen-bond donors (Lipinski definition) is 0. The molecule has 0 saturated heterocycles. The van der Waals surface area contributed by atoms with Gasteiger partial charge in [0.15, 0.2) is 12.4 Å². The molecule has 0 aliphatic heterocycles. The van der Waals surface area contributed by atoms with Gasteiger partial charge >= 0.3 is 5.97 Å². The second-order valence-electron chi connectivity index (χ2n) is 7.81. The molecule has 0 N–H and O–H groups in total. The van der Waals surface area contributed by atoms with Crippen LogP contribution in [0.25, 0.3) is 22.4 Å². The first-order chi connectivity index (χ1) is 15.9. The van der Waals surface area contributed by atoms with Crippen molar-refractivity contribution in [1.29, 1.82) is 0 Å². The molecule has 0 amide bonds. The standard InChI is InChI=1S/C24H20FN5O3/c1-14-12-19(15(2)29(14)17-10-8-16(25)9-11-17)23(32)33-13-21-26-27-24-28(3)22(31)18-6-4-5-7-20(18)30(21)24/h4-12H,13H2,1-3H3. The Labute approximate surface area is 187 Å². The van der Waals surface area contributed by atoms with Gasteiger partial charge in [-0.15, -0.1) is 10.2 Å². The normalized spacial score (nSPS) is 11.4. The third-order valence-electron chi connectivity index (χ3n) is 5.76. The Morgan fingerprint density at radius 2 is 1.79 bits per heavy atom. The van der Waals surface area contributed by atoms with E-state index < -0.39 is 5.97 Å². The Morgan fingerprint density at radius 1 is 1.06 bits per heavy atom. The molecule has 0 saturated carbocycles. The molecule has 0 fully saturated rings. The number of para-hydroxylation sites is 1. The highest BCUT2D eigenvalue weighted by Crippen LogP contribution is 2.22. The van der Waals surface area contributed by atoms with Crippen LogP contribution in [0.4, 0.5) is 4.39 Å². The van der Waals surface area contributed by atoms with Gasteiger partial charge in [-0.05, 0) is 56.3 Å². The van der Waals surface area contributed by atoms with Crippen molar-refractivity contribution in [3.05, 3.63) is 93.5 Å². The molecule has 0 aliphatic rings. The van der Waals surface area contributed by atoms with Gasteiger partial charge in [0.1, 0.15) is 5.82 Å². The number of esters is 1. The zero-order chi connectivity index (χ0) is 23.3. The summed E-state index contributed by atoms with van der Waals surface area (Å²) in [6.45, 7) is 3.55. The number of benzene rings is 2. The summed E-state index contributed by atoms with van der Waals surface area (Å²) < 4.78 is 23.9. The minimum absolute atomic E-state index is 0.123. The smallest absolute Gasteiger partial charge is 0.340 e. The molecule has 5 rings (SSSR count). The van der Waals surface area contributed by atoms with Gasteiger partial charge in [0.2, 0.25) is 5.78 Å². The number of aromatic nitrogens is 5. The van der Waals surface area contributed by atoms with E-state index in [2.05, 4.69) is 10.2 Å². The summed E-state index contributed by atoms with van der Waals surface area (Å²) in [5, 5.41) is 8.78. The summed E-state index contributed by atoms with van der Waals surface area (Å²) in [5.74, 6) is -0.0783. The average Bonchev–Trinajstić information content (AvgIpc) is 3.37. The number of rotatable bonds is 4. The topological polar surface area (TPSA) is 83.4 Å². The van der Waals surface area contributed by atoms with Crippen LogP contribution in [0.5, 0.6) is 0 Å². The molecule has 166 valence electrons. The van der Waals surface area contributed by atoms with Gasteiger partial charge in [-0.3, -0.25) is 13.8 Å². The number of aryl methyl sites for hydroxylation is 2. The summed E-state index contributed by atoms with van der Waals surface area (Å²) in [6, 6.07) is 14.9. The van der Waals surface area contributed by atoms with Crippen LogP contribution in [0, 0.1) is 19.7 Å². The molecule has 2 aromatic carbocycles. The highest BCUT2D eigenvalue weighted by Gasteiger charge is 2.20. The van der Waals surface area contributed by atoms with E-state index >= 15 is 0 Å². The van der Waals surface area contributed by atoms with E-state index in [1.54, 1.807) is 47.8 Å². The van der Waals surface area contributed by atoms with Crippen LogP contribution in [-0.4, -0.2) is 29.7 Å². The third-order valence-corrected chi connectivity index (χ3v) is 5.76. The zero-order valence-electron chi connectivity index (χ0n) is 18.2. The number of halogens is 1. The molecule has 33 heavy (non-hydrogen) atoms. The Bertz CT molecular complexity index is 1600. The lowest BCUT2D eigenvalue weighted by molar-refractivity contribution is 0.0460. The van der Waals surface area contributed by atoms with Crippen molar-refractivity contribution in [2.75, 3.05) is 0 Å². The molecule has 9 heteroatoms. The number of carbonyl (C=O) groups excluding carboxylic acids is 1. The molecule has 0 aliphatic carbocycles. The predicted octanol–water partition coefficient (Wildman–Crippen LogP) is 3.48. The largest absolute Gasteiger partial charge is 0.454 e. The third kappa shape index (κ3) is 3.29. The Kier molecular flexibility index (Phi) is 4.81. The Morgan fingerprint density at radius 3 is 2.55 bits per heavy atom. The van der Waals surface area contributed by atoms with Crippen LogP contribution in [0.3, 0.4) is 0 Å². The lowest BCUT2D eigenvalue weighted by atomic mass is 10.2. The van der Waals surface area contributed by atoms with Crippen molar-refractivity contribution in [2.45, 2.75) is 20.5 Å². The Balaban J connectivity index is 1.48. The number of carbonyl (C=O) groups is 1. The number of ether oxygens (including phenoxy) is 1. The fraction of sp³-hybridized carbons (Fsp3) is 0.167. The number of hydrogen-bond acceptors (Lipinski definition) is 5. The highest BCUT2D eigenvalue weighted by atomic mass is 19.1. The van der Waals surface area contributed by atoms with Gasteiger partial charge < -0.3 is 9.30 Å². The lowest BCUT2D eigenvalue weighted by Gasteiger charge is -2.10. The minimum Gasteiger partial charge on any atom is -0.454 e. The van der Waals surface area contributed by atoms with Crippen LogP contribution in [0.2, 0.25) is 0 Å². The molecule has 8 nitrogen and oxygen atoms in total. The van der Waals surface area contributed by atoms with E-state index in [1.165, 1.54) is 16.7 Å². The van der Waals surface area contributed by atoms with Crippen molar-refractivity contribution in [1.82, 2.24) is 23.7 Å². The second-order valence-corrected chi connectivity index (χ2v) is 7.81. The van der Waals surface area contributed by atoms with Crippen molar-refractivity contribution in [3.8, 4) is 5.69 Å². The maximum atomic E-state index is 13.3. The second kappa shape index (κ2) is 7.70. The van der Waals surface area contributed by atoms with E-state index in [1.807, 2.05) is 24.5 Å². The minimum atomic E-state index is -0.512. The van der Waals surface area contributed by atoms with Crippen molar-refractivity contribution in [3.63, 3.8) is 0 Å². The predicted molar refractivity (Wildman–Crippen MR) is 120 cm³/mol. The monoisotopic (exact) mass is 445 g/mol. The van der Waals surface area contributed by atoms with Crippen molar-refractivity contribution < 1.29 is 13.9 Å². The molecule has 0 atom stereocenters. The summed E-state index contributed by atoms with van der Waals surface area (Å²) in [7, 11) is 1.62. The Hall–Kier alpha value is -4.27. The van der Waals surface area contributed by atoms with E-state index in [0.717, 1.165) is 11.4 Å². The fourth-order valence-electron chi connectivity index (χ4n) is 4.15. The maximum absolute atomic E-state index is 13.3. The first kappa shape index (κ1) is 20.6. The van der Waals surface area contributed by atoms with Crippen LogP contribution in [-0.2, 0) is 18.4 Å². The van der Waals surface area contributed by atoms with E-state index in [9.17, 15) is 14.0 Å². The molecule has 0 bridgehead atoms. The SMILES string of the molecule is Cc1cc(C(=O)OCc2nnc3n(C)c(=O)c4ccccc4n23)c(C)n1-c1ccc(F)cc1. The first-order valence-corrected chi connectivity index (χ1v) is 10.3. The molecule has 3 aromatic heterocycles. The molecule has 0 unspecified atom stereocenters. The average molecular weight is 445 g/mol. The van der Waals surface area contributed by atoms with Crippen LogP contribution >= 0.6 is 0 Å². The molecule has 0 radical (unpaired) electrons.